The van der Waals surface area contributed by atoms with Crippen LogP contribution in [0.2, 0.25) is 0 Å². The Bertz CT molecular complexity index is 3000. The van der Waals surface area contributed by atoms with E-state index >= 15 is 0 Å². The average Bonchev–Trinajstić information content (AvgIpc) is 3.38. The highest BCUT2D eigenvalue weighted by Gasteiger charge is 2.23. The molecule has 0 bridgehead atoms. The van der Waals surface area contributed by atoms with E-state index in [9.17, 15) is 0 Å². The lowest BCUT2D eigenvalue weighted by molar-refractivity contribution is 1.07. The number of nitrogens with zero attached hydrogens (tertiary/aromatic N) is 10. The van der Waals surface area contributed by atoms with Gasteiger partial charge in [0.05, 0.1) is 22.8 Å². The molecule has 1 aliphatic heterocycles. The van der Waals surface area contributed by atoms with Crippen molar-refractivity contribution in [1.29, 1.82) is 0 Å². The van der Waals surface area contributed by atoms with Gasteiger partial charge < -0.3 is 0 Å². The number of benzene rings is 6. The fourth-order valence-electron chi connectivity index (χ4n) is 7.52. The quantitative estimate of drug-likeness (QED) is 0.148. The van der Waals surface area contributed by atoms with Crippen LogP contribution >= 0.6 is 0 Å². The van der Waals surface area contributed by atoms with Gasteiger partial charge in [-0.2, -0.15) is 0 Å². The first-order chi connectivity index (χ1) is 31.7. The monoisotopic (exact) mass is 822 g/mol. The summed E-state index contributed by atoms with van der Waals surface area (Å²) in [6, 6.07) is 63.6. The molecular weight excluding hydrogens is 789 g/mol. The van der Waals surface area contributed by atoms with Crippen molar-refractivity contribution < 1.29 is 0 Å². The number of pyridine rings is 2. The maximum atomic E-state index is 5.28. The Hall–Kier alpha value is -9.02. The van der Waals surface area contributed by atoms with Gasteiger partial charge in [-0.1, -0.05) is 170 Å². The maximum Gasteiger partial charge on any atom is 0.164 e. The minimum atomic E-state index is 0.566. The third-order valence-electron chi connectivity index (χ3n) is 10.7. The number of hydrogen-bond donors (Lipinski definition) is 0. The van der Waals surface area contributed by atoms with Crippen molar-refractivity contribution >= 4 is 22.8 Å². The number of hydrogen-bond acceptors (Lipinski definition) is 10. The van der Waals surface area contributed by atoms with Gasteiger partial charge in [-0.15, -0.1) is 0 Å². The van der Waals surface area contributed by atoms with Crippen LogP contribution < -0.4 is 0 Å². The predicted octanol–water partition coefficient (Wildman–Crippen LogP) is 11.5. The topological polar surface area (TPSA) is 128 Å². The van der Waals surface area contributed by atoms with E-state index < -0.39 is 0 Å². The first-order valence-electron chi connectivity index (χ1n) is 20.7. The Kier molecular flexibility index (Phi) is 9.96. The highest BCUT2D eigenvalue weighted by atomic mass is 15.0. The van der Waals surface area contributed by atoms with E-state index in [1.807, 2.05) is 194 Å². The molecule has 64 heavy (non-hydrogen) atoms. The van der Waals surface area contributed by atoms with Crippen LogP contribution in [0.15, 0.2) is 217 Å². The Labute approximate surface area is 368 Å². The van der Waals surface area contributed by atoms with Gasteiger partial charge in [0.25, 0.3) is 0 Å². The zero-order chi connectivity index (χ0) is 42.7. The first kappa shape index (κ1) is 37.9. The van der Waals surface area contributed by atoms with Crippen molar-refractivity contribution in [3.63, 3.8) is 0 Å². The lowest BCUT2D eigenvalue weighted by atomic mass is 9.99. The molecule has 0 atom stereocenters. The molecule has 10 nitrogen and oxygen atoms in total. The Morgan fingerprint density at radius 2 is 0.469 bits per heavy atom. The second-order valence-electron chi connectivity index (χ2n) is 14.9. The summed E-state index contributed by atoms with van der Waals surface area (Å²) in [7, 11) is 0. The van der Waals surface area contributed by atoms with E-state index in [0.29, 0.717) is 69.1 Å². The van der Waals surface area contributed by atoms with Gasteiger partial charge in [-0.25, -0.2) is 39.9 Å². The van der Waals surface area contributed by atoms with Crippen LogP contribution in [0.4, 0.5) is 11.4 Å². The molecule has 6 aromatic carbocycles. The van der Waals surface area contributed by atoms with Crippen molar-refractivity contribution in [3.8, 4) is 68.3 Å². The van der Waals surface area contributed by atoms with E-state index in [4.69, 9.17) is 49.9 Å². The van der Waals surface area contributed by atoms with E-state index in [2.05, 4.69) is 0 Å². The van der Waals surface area contributed by atoms with Crippen LogP contribution in [-0.4, -0.2) is 51.3 Å². The molecule has 1 aliphatic rings. The molecule has 0 radical (unpaired) electrons. The summed E-state index contributed by atoms with van der Waals surface area (Å²) >= 11 is 0. The molecule has 4 aromatic heterocycles. The largest absolute Gasteiger partial charge is 0.252 e. The second-order valence-corrected chi connectivity index (χ2v) is 14.9. The van der Waals surface area contributed by atoms with Gasteiger partial charge in [0, 0.05) is 56.9 Å². The van der Waals surface area contributed by atoms with Crippen molar-refractivity contribution in [1.82, 2.24) is 39.9 Å². The number of aromatic nitrogens is 8. The third kappa shape index (κ3) is 7.63. The normalized spacial score (nSPS) is 13.6. The van der Waals surface area contributed by atoms with Crippen LogP contribution in [0.5, 0.6) is 0 Å². The molecule has 0 aliphatic carbocycles. The van der Waals surface area contributed by atoms with E-state index in [0.717, 1.165) is 44.5 Å². The van der Waals surface area contributed by atoms with Gasteiger partial charge in [-0.05, 0) is 24.3 Å². The molecule has 5 heterocycles. The highest BCUT2D eigenvalue weighted by molar-refractivity contribution is 6.21. The molecule has 0 fully saturated rings. The summed E-state index contributed by atoms with van der Waals surface area (Å²) in [5, 5.41) is 0. The Morgan fingerprint density at radius 3 is 0.750 bits per heavy atom. The van der Waals surface area contributed by atoms with Gasteiger partial charge in [0.2, 0.25) is 0 Å². The smallest absolute Gasteiger partial charge is 0.164 e. The minimum absolute atomic E-state index is 0.566. The standard InChI is InChI=1S/C54H34N10/c1-5-15-37(16-6-1)49-59-50(38-17-7-2-8-18-38)62-53(61-49)41-29-25-35(26-30-41)45-47-43(23-13-33-55-47)58-46(48-44(57-45)24-14-34-56-48)36-27-31-42(32-28-36)54-63-51(39-19-9-3-10-20-39)60-52(64-54)40-21-11-4-12-22-40/h1-34H/b47-45?,48-46?,57-44?,57-45-,58-43?,58-46-. The van der Waals surface area contributed by atoms with Crippen molar-refractivity contribution in [2.24, 2.45) is 9.98 Å². The molecule has 10 aromatic rings. The van der Waals surface area contributed by atoms with Crippen molar-refractivity contribution in [2.75, 3.05) is 0 Å². The van der Waals surface area contributed by atoms with Crippen LogP contribution in [0, 0.1) is 0 Å². The summed E-state index contributed by atoms with van der Waals surface area (Å²) < 4.78 is 0. The maximum absolute atomic E-state index is 5.28. The van der Waals surface area contributed by atoms with Gasteiger partial charge >= 0.3 is 0 Å². The van der Waals surface area contributed by atoms with E-state index in [1.165, 1.54) is 0 Å². The third-order valence-corrected chi connectivity index (χ3v) is 10.7. The number of fused-ring (bicyclic) bond motifs is 2. The Balaban J connectivity index is 0.959. The second kappa shape index (κ2) is 16.8. The molecule has 0 saturated carbocycles. The molecule has 11 rings (SSSR count). The molecule has 0 spiro atoms. The lowest BCUT2D eigenvalue weighted by Gasteiger charge is -2.17. The highest BCUT2D eigenvalue weighted by Crippen LogP contribution is 2.33. The lowest BCUT2D eigenvalue weighted by Crippen LogP contribution is -2.12. The predicted molar refractivity (Wildman–Crippen MR) is 251 cm³/mol. The van der Waals surface area contributed by atoms with Crippen LogP contribution in [0.25, 0.3) is 68.3 Å². The molecule has 0 N–H and O–H groups in total. The van der Waals surface area contributed by atoms with Crippen LogP contribution in [0.1, 0.15) is 22.5 Å². The van der Waals surface area contributed by atoms with Crippen molar-refractivity contribution in [2.45, 2.75) is 0 Å². The molecule has 300 valence electrons. The molecule has 0 saturated heterocycles. The minimum Gasteiger partial charge on any atom is -0.252 e. The van der Waals surface area contributed by atoms with Gasteiger partial charge in [0.15, 0.2) is 34.9 Å². The average molecular weight is 823 g/mol. The fraction of sp³-hybridized carbons (Fsp3) is 0. The fourth-order valence-corrected chi connectivity index (χ4v) is 7.52. The summed E-state index contributed by atoms with van der Waals surface area (Å²) in [5.74, 6) is 3.53. The van der Waals surface area contributed by atoms with E-state index in [1.54, 1.807) is 12.4 Å². The zero-order valence-corrected chi connectivity index (χ0v) is 34.1. The molecule has 0 amide bonds. The van der Waals surface area contributed by atoms with E-state index in [-0.39, 0.29) is 0 Å². The number of aliphatic imine (C=N–C) groups is 2. The zero-order valence-electron chi connectivity index (χ0n) is 34.1. The summed E-state index contributed by atoms with van der Waals surface area (Å²) in [5.41, 5.74) is 11.0. The van der Waals surface area contributed by atoms with Crippen LogP contribution in [0.3, 0.4) is 0 Å². The summed E-state index contributed by atoms with van der Waals surface area (Å²) in [6.45, 7) is 0. The molecule has 0 unspecified atom stereocenters. The summed E-state index contributed by atoms with van der Waals surface area (Å²) in [4.78, 5) is 49.7. The van der Waals surface area contributed by atoms with Crippen LogP contribution in [-0.2, 0) is 0 Å². The number of rotatable bonds is 8. The van der Waals surface area contributed by atoms with Gasteiger partial charge in [0.1, 0.15) is 11.4 Å². The SMILES string of the molecule is c1ccc(-c2nc(-c3ccccc3)nc(-c3ccc(/C4=N/c5cccnc5/C(c5ccc(-c6nc(-c7ccccc7)nc(-c7ccccc7)n6)cc5)=N\c5cccnc54)cc3)n2)cc1. The Morgan fingerprint density at radius 1 is 0.219 bits per heavy atom. The summed E-state index contributed by atoms with van der Waals surface area (Å²) in [6.07, 6.45) is 3.53. The van der Waals surface area contributed by atoms with Gasteiger partial charge in [-0.3, -0.25) is 9.97 Å². The first-order valence-corrected chi connectivity index (χ1v) is 20.7. The molecular formula is C54H34N10. The van der Waals surface area contributed by atoms with Crippen molar-refractivity contribution in [3.05, 3.63) is 229 Å². The molecule has 10 heteroatoms.